The second kappa shape index (κ2) is 5.79. The van der Waals surface area contributed by atoms with E-state index < -0.39 is 19.0 Å². The number of hydrogen-bond donors (Lipinski definition) is 1. The van der Waals surface area contributed by atoms with Gasteiger partial charge in [0.1, 0.15) is 12.0 Å². The molecular formula is C13H16F3NO2. The molecule has 19 heavy (non-hydrogen) atoms. The number of aliphatic hydroxyl groups is 1. The van der Waals surface area contributed by atoms with Crippen LogP contribution in [0.25, 0.3) is 0 Å². The molecule has 1 unspecified atom stereocenters. The van der Waals surface area contributed by atoms with E-state index in [4.69, 9.17) is 0 Å². The van der Waals surface area contributed by atoms with Gasteiger partial charge in [-0.25, -0.2) is 0 Å². The first-order valence-electron chi connectivity index (χ1n) is 6.17. The summed E-state index contributed by atoms with van der Waals surface area (Å²) in [6.45, 7) is 0.278. The molecule has 2 rings (SSSR count). The molecule has 1 aromatic carbocycles. The molecule has 1 N–H and O–H groups in total. The molecular weight excluding hydrogens is 259 g/mol. The molecule has 106 valence electrons. The fourth-order valence-corrected chi connectivity index (χ4v) is 2.13. The molecule has 0 saturated carbocycles. The van der Waals surface area contributed by atoms with Crippen molar-refractivity contribution in [2.75, 3.05) is 19.7 Å². The van der Waals surface area contributed by atoms with Crippen LogP contribution in [0.4, 0.5) is 13.2 Å². The van der Waals surface area contributed by atoms with Gasteiger partial charge in [-0.2, -0.15) is 13.2 Å². The minimum Gasteiger partial charge on any atom is -0.484 e. The van der Waals surface area contributed by atoms with E-state index in [-0.39, 0.29) is 5.75 Å². The molecule has 0 radical (unpaired) electrons. The SMILES string of the molecule is OC(c1cccc(OCC(F)(F)F)c1)N1CCCC1. The Morgan fingerprint density at radius 2 is 1.95 bits per heavy atom. The van der Waals surface area contributed by atoms with Gasteiger partial charge in [-0.05, 0) is 30.5 Å². The zero-order valence-electron chi connectivity index (χ0n) is 10.4. The van der Waals surface area contributed by atoms with E-state index in [1.165, 1.54) is 12.1 Å². The molecule has 0 aliphatic carbocycles. The molecule has 0 bridgehead atoms. The first kappa shape index (κ1) is 14.1. The van der Waals surface area contributed by atoms with Gasteiger partial charge in [0.05, 0.1) is 0 Å². The molecule has 1 saturated heterocycles. The Balaban J connectivity index is 2.01. The summed E-state index contributed by atoms with van der Waals surface area (Å²) in [7, 11) is 0. The fraction of sp³-hybridized carbons (Fsp3) is 0.538. The van der Waals surface area contributed by atoms with Gasteiger partial charge in [-0.15, -0.1) is 0 Å². The van der Waals surface area contributed by atoms with Crippen molar-refractivity contribution in [2.45, 2.75) is 25.2 Å². The average Bonchev–Trinajstić information content (AvgIpc) is 2.89. The number of hydrogen-bond acceptors (Lipinski definition) is 3. The smallest absolute Gasteiger partial charge is 0.422 e. The molecule has 1 aromatic rings. The molecule has 6 heteroatoms. The van der Waals surface area contributed by atoms with Crippen molar-refractivity contribution in [1.29, 1.82) is 0 Å². The van der Waals surface area contributed by atoms with Gasteiger partial charge in [-0.1, -0.05) is 12.1 Å². The van der Waals surface area contributed by atoms with Gasteiger partial charge in [0.25, 0.3) is 0 Å². The highest BCUT2D eigenvalue weighted by Gasteiger charge is 2.28. The summed E-state index contributed by atoms with van der Waals surface area (Å²) in [5.41, 5.74) is 0.557. The lowest BCUT2D eigenvalue weighted by Crippen LogP contribution is -2.25. The van der Waals surface area contributed by atoms with Gasteiger partial charge >= 0.3 is 6.18 Å². The number of nitrogens with zero attached hydrogens (tertiary/aromatic N) is 1. The van der Waals surface area contributed by atoms with E-state index in [2.05, 4.69) is 4.74 Å². The highest BCUT2D eigenvalue weighted by molar-refractivity contribution is 5.29. The monoisotopic (exact) mass is 275 g/mol. The summed E-state index contributed by atoms with van der Waals surface area (Å²) in [5, 5.41) is 10.1. The summed E-state index contributed by atoms with van der Waals surface area (Å²) in [6.07, 6.45) is -3.08. The van der Waals surface area contributed by atoms with Crippen LogP contribution < -0.4 is 4.74 Å². The Kier molecular flexibility index (Phi) is 4.31. The number of alkyl halides is 3. The number of benzene rings is 1. The van der Waals surface area contributed by atoms with Gasteiger partial charge in [0.15, 0.2) is 6.61 Å². The maximum atomic E-state index is 12.1. The predicted molar refractivity (Wildman–Crippen MR) is 63.8 cm³/mol. The lowest BCUT2D eigenvalue weighted by Gasteiger charge is -2.23. The van der Waals surface area contributed by atoms with Crippen molar-refractivity contribution in [1.82, 2.24) is 4.90 Å². The topological polar surface area (TPSA) is 32.7 Å². The highest BCUT2D eigenvalue weighted by Crippen LogP contribution is 2.26. The average molecular weight is 275 g/mol. The van der Waals surface area contributed by atoms with Crippen molar-refractivity contribution >= 4 is 0 Å². The second-order valence-corrected chi connectivity index (χ2v) is 4.59. The number of likely N-dealkylation sites (tertiary alicyclic amines) is 1. The molecule has 0 amide bonds. The lowest BCUT2D eigenvalue weighted by molar-refractivity contribution is -0.153. The van der Waals surface area contributed by atoms with Gasteiger partial charge < -0.3 is 9.84 Å². The molecule has 1 fully saturated rings. The molecule has 3 nitrogen and oxygen atoms in total. The van der Waals surface area contributed by atoms with E-state index in [0.29, 0.717) is 5.56 Å². The van der Waals surface area contributed by atoms with E-state index >= 15 is 0 Å². The third kappa shape index (κ3) is 4.11. The quantitative estimate of drug-likeness (QED) is 0.917. The van der Waals surface area contributed by atoms with Gasteiger partial charge in [0, 0.05) is 13.1 Å². The van der Waals surface area contributed by atoms with Crippen molar-refractivity contribution in [3.8, 4) is 5.75 Å². The van der Waals surface area contributed by atoms with Crippen molar-refractivity contribution < 1.29 is 23.0 Å². The van der Waals surface area contributed by atoms with Gasteiger partial charge in [0.2, 0.25) is 0 Å². The standard InChI is InChI=1S/C13H16F3NO2/c14-13(15,16)9-19-11-5-3-4-10(8-11)12(18)17-6-1-2-7-17/h3-5,8,12,18H,1-2,6-7,9H2. The molecule has 1 aliphatic heterocycles. The lowest BCUT2D eigenvalue weighted by atomic mass is 10.1. The summed E-state index contributed by atoms with van der Waals surface area (Å²) >= 11 is 0. The minimum atomic E-state index is -4.36. The van der Waals surface area contributed by atoms with Crippen molar-refractivity contribution in [3.05, 3.63) is 29.8 Å². The van der Waals surface area contributed by atoms with Crippen molar-refractivity contribution in [3.63, 3.8) is 0 Å². The zero-order valence-corrected chi connectivity index (χ0v) is 10.4. The van der Waals surface area contributed by atoms with Crippen LogP contribution in [0, 0.1) is 0 Å². The van der Waals surface area contributed by atoms with Crippen LogP contribution in [0.3, 0.4) is 0 Å². The second-order valence-electron chi connectivity index (χ2n) is 4.59. The Morgan fingerprint density at radius 1 is 1.26 bits per heavy atom. The molecule has 1 aliphatic rings. The van der Waals surface area contributed by atoms with E-state index in [1.54, 1.807) is 12.1 Å². The molecule has 0 spiro atoms. The maximum absolute atomic E-state index is 12.1. The van der Waals surface area contributed by atoms with Crippen LogP contribution >= 0.6 is 0 Å². The minimum absolute atomic E-state index is 0.119. The number of aliphatic hydroxyl groups excluding tert-OH is 1. The third-order valence-electron chi connectivity index (χ3n) is 3.05. The summed E-state index contributed by atoms with van der Waals surface area (Å²) in [5.74, 6) is 0.119. The summed E-state index contributed by atoms with van der Waals surface area (Å²) in [6, 6.07) is 6.17. The predicted octanol–water partition coefficient (Wildman–Crippen LogP) is 2.71. The normalized spacial score (nSPS) is 18.5. The number of halogens is 3. The summed E-state index contributed by atoms with van der Waals surface area (Å²) < 4.78 is 40.9. The first-order chi connectivity index (χ1) is 8.96. The van der Waals surface area contributed by atoms with E-state index in [0.717, 1.165) is 25.9 Å². The van der Waals surface area contributed by atoms with Crippen LogP contribution in [0.2, 0.25) is 0 Å². The van der Waals surface area contributed by atoms with Crippen LogP contribution in [0.1, 0.15) is 24.6 Å². The van der Waals surface area contributed by atoms with Crippen LogP contribution in [0.5, 0.6) is 5.75 Å². The summed E-state index contributed by atoms with van der Waals surface area (Å²) in [4.78, 5) is 1.89. The van der Waals surface area contributed by atoms with E-state index in [1.807, 2.05) is 4.90 Å². The molecule has 0 aromatic heterocycles. The molecule has 1 heterocycles. The zero-order chi connectivity index (χ0) is 13.9. The van der Waals surface area contributed by atoms with Crippen LogP contribution in [-0.2, 0) is 0 Å². The third-order valence-corrected chi connectivity index (χ3v) is 3.05. The number of rotatable bonds is 4. The first-order valence-corrected chi connectivity index (χ1v) is 6.17. The Morgan fingerprint density at radius 3 is 2.58 bits per heavy atom. The Bertz CT molecular complexity index is 417. The van der Waals surface area contributed by atoms with Gasteiger partial charge in [-0.3, -0.25) is 4.90 Å². The molecule has 1 atom stereocenters. The Hall–Kier alpha value is -1.27. The number of ether oxygens (including phenoxy) is 1. The van der Waals surface area contributed by atoms with Crippen LogP contribution in [0.15, 0.2) is 24.3 Å². The van der Waals surface area contributed by atoms with Crippen LogP contribution in [-0.4, -0.2) is 35.9 Å². The van der Waals surface area contributed by atoms with Crippen molar-refractivity contribution in [2.24, 2.45) is 0 Å². The fourth-order valence-electron chi connectivity index (χ4n) is 2.13. The maximum Gasteiger partial charge on any atom is 0.422 e. The highest BCUT2D eigenvalue weighted by atomic mass is 19.4. The largest absolute Gasteiger partial charge is 0.484 e. The van der Waals surface area contributed by atoms with E-state index in [9.17, 15) is 18.3 Å². The Labute approximate surface area is 109 Å².